The molecule has 2 fully saturated rings. The molecule has 10 nitrogen and oxygen atoms in total. The Morgan fingerprint density at radius 2 is 1.92 bits per heavy atom. The lowest BCUT2D eigenvalue weighted by Gasteiger charge is -2.46. The van der Waals surface area contributed by atoms with Crippen LogP contribution in [0.1, 0.15) is 44.0 Å². The number of esters is 1. The quantitative estimate of drug-likeness (QED) is 0.447. The van der Waals surface area contributed by atoms with Crippen molar-refractivity contribution in [1.29, 1.82) is 0 Å². The van der Waals surface area contributed by atoms with Crippen LogP contribution in [0.25, 0.3) is 10.8 Å². The summed E-state index contributed by atoms with van der Waals surface area (Å²) in [4.78, 5) is 29.1. The van der Waals surface area contributed by atoms with E-state index in [-0.39, 0.29) is 5.97 Å². The smallest absolute Gasteiger partial charge is 0.410 e. The number of hydrogen-bond donors (Lipinski definition) is 1. The van der Waals surface area contributed by atoms with E-state index in [0.717, 1.165) is 32.4 Å². The van der Waals surface area contributed by atoms with E-state index >= 15 is 0 Å². The fourth-order valence-corrected chi connectivity index (χ4v) is 6.29. The number of likely N-dealkylation sites (tertiary alicyclic amines) is 1. The largest absolute Gasteiger partial charge is 0.464 e. The minimum atomic E-state index is -0.588. The zero-order valence-corrected chi connectivity index (χ0v) is 22.1. The van der Waals surface area contributed by atoms with Gasteiger partial charge in [0.05, 0.1) is 20.3 Å². The highest BCUT2D eigenvalue weighted by molar-refractivity contribution is 5.83. The van der Waals surface area contributed by atoms with Crippen LogP contribution in [0.3, 0.4) is 0 Å². The van der Waals surface area contributed by atoms with Gasteiger partial charge in [-0.1, -0.05) is 41.6 Å². The fraction of sp³-hybridized carbons (Fsp3) is 0.536. The maximum absolute atomic E-state index is 12.7. The number of piperidine rings is 1. The van der Waals surface area contributed by atoms with Crippen molar-refractivity contribution in [2.45, 2.75) is 51.7 Å². The first-order valence-corrected chi connectivity index (χ1v) is 13.5. The Labute approximate surface area is 222 Å². The third-order valence-electron chi connectivity index (χ3n) is 8.04. The summed E-state index contributed by atoms with van der Waals surface area (Å²) < 4.78 is 10.3. The van der Waals surface area contributed by atoms with E-state index in [0.29, 0.717) is 49.7 Å². The Bertz CT molecular complexity index is 1240. The number of hydrogen-bond acceptors (Lipinski definition) is 8. The molecule has 1 amide bonds. The third-order valence-corrected chi connectivity index (χ3v) is 8.04. The Balaban J connectivity index is 1.29. The number of fused-ring (bicyclic) bond motifs is 2. The minimum Gasteiger partial charge on any atom is -0.464 e. The lowest BCUT2D eigenvalue weighted by Crippen LogP contribution is -2.55. The van der Waals surface area contributed by atoms with Crippen molar-refractivity contribution >= 4 is 22.8 Å². The molecule has 1 N–H and O–H groups in total. The molecular weight excluding hydrogens is 484 g/mol. The second kappa shape index (κ2) is 11.9. The van der Waals surface area contributed by atoms with Crippen LogP contribution in [0.4, 0.5) is 4.79 Å². The van der Waals surface area contributed by atoms with E-state index in [1.807, 2.05) is 0 Å². The maximum Gasteiger partial charge on any atom is 0.410 e. The Morgan fingerprint density at radius 1 is 1.08 bits per heavy atom. The summed E-state index contributed by atoms with van der Waals surface area (Å²) in [7, 11) is 1.36. The summed E-state index contributed by atoms with van der Waals surface area (Å²) >= 11 is 0. The molecule has 1 aliphatic heterocycles. The first kappa shape index (κ1) is 26.1. The van der Waals surface area contributed by atoms with E-state index in [2.05, 4.69) is 68.0 Å². The van der Waals surface area contributed by atoms with Gasteiger partial charge in [0.25, 0.3) is 0 Å². The molecule has 0 radical (unpaired) electrons. The van der Waals surface area contributed by atoms with E-state index in [1.54, 1.807) is 11.8 Å². The van der Waals surface area contributed by atoms with Crippen LogP contribution in [0.5, 0.6) is 0 Å². The topological polar surface area (TPSA) is 114 Å². The minimum absolute atomic E-state index is 0.293. The van der Waals surface area contributed by atoms with Crippen LogP contribution in [-0.4, -0.2) is 75.3 Å². The van der Waals surface area contributed by atoms with Crippen molar-refractivity contribution in [3.8, 4) is 0 Å². The van der Waals surface area contributed by atoms with Crippen LogP contribution < -0.4 is 0 Å². The predicted molar refractivity (Wildman–Crippen MR) is 141 cm³/mol. The van der Waals surface area contributed by atoms with Gasteiger partial charge in [0, 0.05) is 19.6 Å². The molecule has 3 aromatic rings. The second-order valence-electron chi connectivity index (χ2n) is 10.5. The van der Waals surface area contributed by atoms with Crippen molar-refractivity contribution in [3.63, 3.8) is 0 Å². The Hall–Kier alpha value is -3.53. The fourth-order valence-electron chi connectivity index (χ4n) is 6.29. The van der Waals surface area contributed by atoms with Crippen molar-refractivity contribution in [2.75, 3.05) is 26.8 Å². The van der Waals surface area contributed by atoms with Crippen LogP contribution in [0.2, 0.25) is 0 Å². The van der Waals surface area contributed by atoms with Crippen LogP contribution in [0, 0.1) is 17.8 Å². The highest BCUT2D eigenvalue weighted by Crippen LogP contribution is 2.42. The van der Waals surface area contributed by atoms with Crippen molar-refractivity contribution < 1.29 is 19.1 Å². The number of ether oxygens (including phenoxy) is 2. The molecule has 2 aliphatic rings. The average molecular weight is 521 g/mol. The number of carbonyl (C=O) groups is 2. The summed E-state index contributed by atoms with van der Waals surface area (Å²) in [5.41, 5.74) is 1.25. The molecule has 38 heavy (non-hydrogen) atoms. The van der Waals surface area contributed by atoms with Crippen LogP contribution >= 0.6 is 0 Å². The SMILES string of the molecule is CCOC(=O)[C@@H]1C[C@H]2C[C@@H](CN(Cc3ccc4ccccc4c3)Cc3nn[nH]n3)CC[C@H]2CN1C(=O)OC. The van der Waals surface area contributed by atoms with Gasteiger partial charge < -0.3 is 9.47 Å². The van der Waals surface area contributed by atoms with Crippen molar-refractivity contribution in [3.05, 3.63) is 53.9 Å². The molecule has 5 rings (SSSR count). The number of tetrazole rings is 1. The van der Waals surface area contributed by atoms with E-state index < -0.39 is 12.1 Å². The second-order valence-corrected chi connectivity index (χ2v) is 10.5. The van der Waals surface area contributed by atoms with Gasteiger partial charge in [-0.25, -0.2) is 9.59 Å². The first-order chi connectivity index (χ1) is 18.5. The van der Waals surface area contributed by atoms with E-state index in [9.17, 15) is 9.59 Å². The number of H-pyrrole nitrogens is 1. The zero-order valence-electron chi connectivity index (χ0n) is 22.1. The summed E-state index contributed by atoms with van der Waals surface area (Å²) in [6, 6.07) is 14.4. The highest BCUT2D eigenvalue weighted by Gasteiger charge is 2.44. The molecule has 1 aliphatic carbocycles. The van der Waals surface area contributed by atoms with Gasteiger partial charge in [0.2, 0.25) is 0 Å². The van der Waals surface area contributed by atoms with Crippen LogP contribution in [-0.2, 0) is 27.4 Å². The molecule has 4 atom stereocenters. The lowest BCUT2D eigenvalue weighted by atomic mass is 9.69. The van der Waals surface area contributed by atoms with Gasteiger partial charge in [0.15, 0.2) is 5.82 Å². The summed E-state index contributed by atoms with van der Waals surface area (Å²) in [6.07, 6.45) is 3.26. The van der Waals surface area contributed by atoms with Gasteiger partial charge in [-0.15, -0.1) is 10.2 Å². The Morgan fingerprint density at radius 3 is 2.68 bits per heavy atom. The number of rotatable bonds is 8. The molecule has 1 aromatic heterocycles. The van der Waals surface area contributed by atoms with Crippen LogP contribution in [0.15, 0.2) is 42.5 Å². The predicted octanol–water partition coefficient (Wildman–Crippen LogP) is 3.79. The monoisotopic (exact) mass is 520 g/mol. The van der Waals surface area contributed by atoms with Gasteiger partial charge in [0.1, 0.15) is 6.04 Å². The molecule has 1 saturated heterocycles. The highest BCUT2D eigenvalue weighted by atomic mass is 16.6. The summed E-state index contributed by atoms with van der Waals surface area (Å²) in [6.45, 7) is 4.91. The molecule has 202 valence electrons. The number of aromatic amines is 1. The van der Waals surface area contributed by atoms with Gasteiger partial charge in [-0.05, 0) is 72.8 Å². The molecule has 1 saturated carbocycles. The molecule has 10 heteroatoms. The Kier molecular flexibility index (Phi) is 8.17. The standard InChI is InChI=1S/C28H36N6O4/c1-3-38-27(35)25-14-24-13-20(9-11-23(24)17-34(25)28(36)37-2)16-33(18-26-29-31-32-30-26)15-19-8-10-21-6-4-5-7-22(21)12-19/h4-8,10,12,20,23-25H,3,9,11,13-18H2,1-2H3,(H,29,30,31,32)/t20-,23-,24+,25-/m0/s1. The van der Waals surface area contributed by atoms with Gasteiger partial charge in [-0.3, -0.25) is 9.80 Å². The number of aromatic nitrogens is 4. The third kappa shape index (κ3) is 5.96. The lowest BCUT2D eigenvalue weighted by molar-refractivity contribution is -0.152. The molecule has 0 unspecified atom stereocenters. The number of carbonyl (C=O) groups excluding carboxylic acids is 2. The maximum atomic E-state index is 12.7. The van der Waals surface area contributed by atoms with Gasteiger partial charge in [-0.2, -0.15) is 5.21 Å². The van der Waals surface area contributed by atoms with Crippen molar-refractivity contribution in [2.24, 2.45) is 17.8 Å². The number of amides is 1. The number of methoxy groups -OCH3 is 1. The molecular formula is C28H36N6O4. The number of nitrogens with zero attached hydrogens (tertiary/aromatic N) is 5. The molecule has 0 bridgehead atoms. The first-order valence-electron chi connectivity index (χ1n) is 13.5. The zero-order chi connectivity index (χ0) is 26.5. The summed E-state index contributed by atoms with van der Waals surface area (Å²) in [5.74, 6) is 1.52. The average Bonchev–Trinajstić information content (AvgIpc) is 3.45. The van der Waals surface area contributed by atoms with E-state index in [1.165, 1.54) is 23.4 Å². The summed E-state index contributed by atoms with van der Waals surface area (Å²) in [5, 5.41) is 17.2. The molecule has 0 spiro atoms. The number of benzene rings is 2. The van der Waals surface area contributed by atoms with Crippen molar-refractivity contribution in [1.82, 2.24) is 30.4 Å². The normalized spacial score (nSPS) is 23.3. The van der Waals surface area contributed by atoms with Gasteiger partial charge >= 0.3 is 12.1 Å². The number of nitrogens with one attached hydrogen (secondary N) is 1. The van der Waals surface area contributed by atoms with E-state index in [4.69, 9.17) is 9.47 Å². The molecule has 2 aromatic carbocycles. The molecule has 2 heterocycles.